The molecule has 2 amide bonds. The number of rotatable bonds is 8. The third kappa shape index (κ3) is 7.34. The smallest absolute Gasteiger partial charge is 0.262 e. The molecule has 316 valence electrons. The lowest BCUT2D eigenvalue weighted by atomic mass is 9.93. The Hall–Kier alpha value is -6.24. The maximum atomic E-state index is 13.7. The molecular formula is C48H46Cl2N8O4. The quantitative estimate of drug-likeness (QED) is 0.119. The SMILES string of the molecule is CC(C)C[C@@H]1NC(=O)[C@H](Cc2c[nH]c3ccccc23)n2c1nc1ccccc1c2=O.CCC(C)[C@@H]1NC(=O)[C@@H](Cc2c[nH]c3ccccc23)n2c1nc1c(Cl)cc(Cl)cc1c2=O. The highest BCUT2D eigenvalue weighted by atomic mass is 35.5. The predicted octanol–water partition coefficient (Wildman–Crippen LogP) is 9.06. The van der Waals surface area contributed by atoms with Gasteiger partial charge < -0.3 is 20.6 Å². The number of hydrogen-bond acceptors (Lipinski definition) is 6. The van der Waals surface area contributed by atoms with Gasteiger partial charge in [-0.05, 0) is 65.8 Å². The Morgan fingerprint density at radius 3 is 1.82 bits per heavy atom. The van der Waals surface area contributed by atoms with Crippen molar-refractivity contribution in [3.05, 3.63) is 151 Å². The van der Waals surface area contributed by atoms with Crippen LogP contribution in [0.1, 0.15) is 87.5 Å². The van der Waals surface area contributed by atoms with Crippen LogP contribution in [-0.4, -0.2) is 40.9 Å². The van der Waals surface area contributed by atoms with Crippen molar-refractivity contribution in [2.24, 2.45) is 11.8 Å². The number of nitrogens with one attached hydrogen (secondary N) is 4. The molecule has 4 aromatic heterocycles. The summed E-state index contributed by atoms with van der Waals surface area (Å²) < 4.78 is 3.18. The molecule has 2 aliphatic rings. The molecule has 0 saturated carbocycles. The number of hydrogen-bond donors (Lipinski definition) is 4. The Labute approximate surface area is 366 Å². The summed E-state index contributed by atoms with van der Waals surface area (Å²) in [6.07, 6.45) is 6.16. The number of amides is 2. The van der Waals surface area contributed by atoms with E-state index in [4.69, 9.17) is 33.2 Å². The number of carbonyl (C=O) groups is 2. The highest BCUT2D eigenvalue weighted by molar-refractivity contribution is 6.38. The molecular weight excluding hydrogens is 823 g/mol. The summed E-state index contributed by atoms with van der Waals surface area (Å²) in [5.41, 5.74) is 4.60. The van der Waals surface area contributed by atoms with E-state index in [1.165, 1.54) is 0 Å². The first-order valence-corrected chi connectivity index (χ1v) is 21.8. The topological polar surface area (TPSA) is 160 Å². The van der Waals surface area contributed by atoms with Crippen LogP contribution in [0.15, 0.2) is 107 Å². The lowest BCUT2D eigenvalue weighted by Crippen LogP contribution is -2.50. The molecule has 5 atom stereocenters. The third-order valence-corrected chi connectivity index (χ3v) is 12.8. The standard InChI is InChI=1S/C24H22Cl2N4O2.C24H24N4O2/c1-3-12(2)20-22-28-21-16(9-14(25)10-17(21)26)24(32)30(22)19(23(31)29-20)8-13-11-27-18-7-5-4-6-15(13)18;1-14(2)11-20-22-26-19-10-6-4-8-17(19)24(30)28(22)21(23(29)27-20)12-15-13-25-18-9-5-3-7-16(15)18/h4-7,9-12,19-20,27H,3,8H2,1-2H3,(H,29,31);3-10,13-14,20-21,25H,11-12H2,1-2H3,(H,27,29)/t12?,19-,20+;20-,21-/m10/s1. The molecule has 0 bridgehead atoms. The maximum Gasteiger partial charge on any atom is 0.262 e. The minimum Gasteiger partial charge on any atom is -0.361 e. The average Bonchev–Trinajstić information content (AvgIpc) is 3.87. The van der Waals surface area contributed by atoms with Gasteiger partial charge in [-0.2, -0.15) is 0 Å². The van der Waals surface area contributed by atoms with E-state index in [1.54, 1.807) is 27.3 Å². The fraction of sp³-hybridized carbons (Fsp3) is 0.292. The van der Waals surface area contributed by atoms with Crippen LogP contribution in [0.25, 0.3) is 43.6 Å². The summed E-state index contributed by atoms with van der Waals surface area (Å²) in [5, 5.41) is 9.88. The molecule has 0 aliphatic carbocycles. The number of aromatic nitrogens is 6. The zero-order chi connectivity index (χ0) is 43.4. The van der Waals surface area contributed by atoms with Crippen molar-refractivity contribution in [2.75, 3.05) is 0 Å². The number of benzene rings is 4. The number of carbonyl (C=O) groups excluding carboxylic acids is 2. The number of nitrogens with zero attached hydrogens (tertiary/aromatic N) is 4. The van der Waals surface area contributed by atoms with E-state index in [-0.39, 0.29) is 40.9 Å². The average molecular weight is 870 g/mol. The van der Waals surface area contributed by atoms with Crippen molar-refractivity contribution in [1.29, 1.82) is 0 Å². The van der Waals surface area contributed by atoms with Crippen molar-refractivity contribution in [2.45, 2.75) is 77.5 Å². The largest absolute Gasteiger partial charge is 0.361 e. The van der Waals surface area contributed by atoms with Crippen molar-refractivity contribution in [3.63, 3.8) is 0 Å². The maximum absolute atomic E-state index is 13.7. The molecule has 12 nitrogen and oxygen atoms in total. The van der Waals surface area contributed by atoms with Gasteiger partial charge in [0, 0.05) is 52.1 Å². The minimum absolute atomic E-state index is 0.0923. The molecule has 4 aromatic carbocycles. The summed E-state index contributed by atoms with van der Waals surface area (Å²) in [5.74, 6) is 1.32. The van der Waals surface area contributed by atoms with E-state index in [1.807, 2.05) is 93.0 Å². The van der Waals surface area contributed by atoms with Crippen LogP contribution in [0.5, 0.6) is 0 Å². The molecule has 14 heteroatoms. The molecule has 62 heavy (non-hydrogen) atoms. The lowest BCUT2D eigenvalue weighted by molar-refractivity contribution is -0.127. The lowest BCUT2D eigenvalue weighted by Gasteiger charge is -2.35. The van der Waals surface area contributed by atoms with Crippen LogP contribution in [0.3, 0.4) is 0 Å². The Balaban J connectivity index is 0.000000158. The first kappa shape index (κ1) is 41.1. The number of H-pyrrole nitrogens is 2. The number of para-hydroxylation sites is 3. The molecule has 6 heterocycles. The molecule has 0 saturated heterocycles. The Morgan fingerprint density at radius 2 is 1.21 bits per heavy atom. The van der Waals surface area contributed by atoms with Gasteiger partial charge in [0.25, 0.3) is 11.1 Å². The van der Waals surface area contributed by atoms with E-state index in [9.17, 15) is 19.2 Å². The van der Waals surface area contributed by atoms with Gasteiger partial charge in [0.2, 0.25) is 11.8 Å². The zero-order valence-corrected chi connectivity index (χ0v) is 36.2. The summed E-state index contributed by atoms with van der Waals surface area (Å²) in [7, 11) is 0. The Bertz CT molecular complexity index is 3170. The normalized spacial score (nSPS) is 19.0. The Morgan fingerprint density at radius 1 is 0.661 bits per heavy atom. The second-order valence-electron chi connectivity index (χ2n) is 16.8. The zero-order valence-electron chi connectivity index (χ0n) is 34.7. The Kier molecular flexibility index (Phi) is 11.0. The van der Waals surface area contributed by atoms with Gasteiger partial charge in [-0.15, -0.1) is 0 Å². The van der Waals surface area contributed by atoms with Crippen molar-refractivity contribution in [3.8, 4) is 0 Å². The van der Waals surface area contributed by atoms with E-state index in [2.05, 4.69) is 34.4 Å². The first-order chi connectivity index (χ1) is 29.9. The second-order valence-corrected chi connectivity index (χ2v) is 17.7. The molecule has 8 aromatic rings. The predicted molar refractivity (Wildman–Crippen MR) is 245 cm³/mol. The first-order valence-electron chi connectivity index (χ1n) is 21.0. The van der Waals surface area contributed by atoms with E-state index in [0.29, 0.717) is 62.3 Å². The summed E-state index contributed by atoms with van der Waals surface area (Å²) >= 11 is 12.6. The van der Waals surface area contributed by atoms with E-state index < -0.39 is 12.1 Å². The van der Waals surface area contributed by atoms with Gasteiger partial charge in [0.05, 0.1) is 38.9 Å². The molecule has 0 fully saturated rings. The number of aromatic amines is 2. The fourth-order valence-electron chi connectivity index (χ4n) is 9.01. The van der Waals surface area contributed by atoms with E-state index in [0.717, 1.165) is 45.8 Å². The summed E-state index contributed by atoms with van der Waals surface area (Å²) in [6.45, 7) is 8.29. The van der Waals surface area contributed by atoms with Gasteiger partial charge in [-0.3, -0.25) is 28.3 Å². The van der Waals surface area contributed by atoms with Crippen LogP contribution in [0.2, 0.25) is 10.0 Å². The number of halogens is 2. The number of fused-ring (bicyclic) bond motifs is 6. The molecule has 0 radical (unpaired) electrons. The molecule has 1 unspecified atom stereocenters. The van der Waals surface area contributed by atoms with Crippen molar-refractivity contribution < 1.29 is 9.59 Å². The van der Waals surface area contributed by atoms with Crippen LogP contribution in [0, 0.1) is 11.8 Å². The second kappa shape index (κ2) is 16.6. The highest BCUT2D eigenvalue weighted by Gasteiger charge is 2.39. The van der Waals surface area contributed by atoms with Gasteiger partial charge in [-0.25, -0.2) is 9.97 Å². The van der Waals surface area contributed by atoms with Gasteiger partial charge in [0.1, 0.15) is 23.7 Å². The van der Waals surface area contributed by atoms with Gasteiger partial charge in [0.15, 0.2) is 0 Å². The van der Waals surface area contributed by atoms with Crippen LogP contribution >= 0.6 is 23.2 Å². The van der Waals surface area contributed by atoms with Crippen molar-refractivity contribution >= 4 is 78.6 Å². The molecule has 10 rings (SSSR count). The molecule has 4 N–H and O–H groups in total. The van der Waals surface area contributed by atoms with Gasteiger partial charge in [-0.1, -0.05) is 106 Å². The van der Waals surface area contributed by atoms with Crippen LogP contribution in [-0.2, 0) is 22.4 Å². The van der Waals surface area contributed by atoms with Crippen molar-refractivity contribution in [1.82, 2.24) is 39.7 Å². The van der Waals surface area contributed by atoms with Crippen LogP contribution in [0.4, 0.5) is 0 Å². The fourth-order valence-corrected chi connectivity index (χ4v) is 9.55. The molecule has 2 aliphatic heterocycles. The highest BCUT2D eigenvalue weighted by Crippen LogP contribution is 2.35. The van der Waals surface area contributed by atoms with Gasteiger partial charge >= 0.3 is 0 Å². The minimum atomic E-state index is -0.730. The summed E-state index contributed by atoms with van der Waals surface area (Å²) in [6, 6.07) is 24.4. The van der Waals surface area contributed by atoms with Crippen LogP contribution < -0.4 is 21.8 Å². The monoisotopic (exact) mass is 868 g/mol. The summed E-state index contributed by atoms with van der Waals surface area (Å²) in [4.78, 5) is 69.8. The molecule has 0 spiro atoms. The third-order valence-electron chi connectivity index (χ3n) is 12.3. The van der Waals surface area contributed by atoms with E-state index >= 15 is 0 Å².